The van der Waals surface area contributed by atoms with Gasteiger partial charge in [-0.25, -0.2) is 0 Å². The molecule has 6 nitrogen and oxygen atoms in total. The zero-order valence-corrected chi connectivity index (χ0v) is 18.9. The maximum absolute atomic E-state index is 12.7. The molecule has 0 radical (unpaired) electrons. The van der Waals surface area contributed by atoms with E-state index in [-0.39, 0.29) is 18.1 Å². The second-order valence-corrected chi connectivity index (χ2v) is 9.22. The second kappa shape index (κ2) is 11.0. The molecule has 31 heavy (non-hydrogen) atoms. The van der Waals surface area contributed by atoms with Gasteiger partial charge in [0.1, 0.15) is 0 Å². The maximum atomic E-state index is 12.7. The molecule has 1 aliphatic carbocycles. The van der Waals surface area contributed by atoms with Crippen LogP contribution >= 0.6 is 0 Å². The molecular weight excluding hydrogens is 388 g/mol. The quantitative estimate of drug-likeness (QED) is 0.540. The van der Waals surface area contributed by atoms with Gasteiger partial charge in [0.2, 0.25) is 5.91 Å². The molecule has 2 N–H and O–H groups in total. The van der Waals surface area contributed by atoms with Crippen LogP contribution in [-0.4, -0.2) is 55.6 Å². The van der Waals surface area contributed by atoms with Crippen molar-refractivity contribution in [2.75, 3.05) is 32.8 Å². The lowest BCUT2D eigenvalue weighted by Gasteiger charge is -2.31. The van der Waals surface area contributed by atoms with Crippen LogP contribution in [0.5, 0.6) is 0 Å². The molecule has 3 fully saturated rings. The number of carbonyl (C=O) groups is 1. The van der Waals surface area contributed by atoms with Crippen molar-refractivity contribution in [3.05, 3.63) is 35.9 Å². The van der Waals surface area contributed by atoms with Gasteiger partial charge in [0.15, 0.2) is 5.96 Å². The number of aliphatic imine (C=N–C) groups is 1. The summed E-state index contributed by atoms with van der Waals surface area (Å²) in [5.74, 6) is 1.88. The molecule has 1 amide bonds. The Morgan fingerprint density at radius 3 is 2.71 bits per heavy atom. The first-order chi connectivity index (χ1) is 15.2. The highest BCUT2D eigenvalue weighted by Gasteiger charge is 2.33. The predicted molar refractivity (Wildman–Crippen MR) is 124 cm³/mol. The molecule has 0 bridgehead atoms. The first-order valence-corrected chi connectivity index (χ1v) is 12.2. The van der Waals surface area contributed by atoms with E-state index >= 15 is 0 Å². The Kier molecular flexibility index (Phi) is 7.84. The minimum atomic E-state index is 0.118. The molecule has 3 unspecified atom stereocenters. The average Bonchev–Trinajstić information content (AvgIpc) is 3.51. The van der Waals surface area contributed by atoms with Gasteiger partial charge in [0.05, 0.1) is 6.10 Å². The summed E-state index contributed by atoms with van der Waals surface area (Å²) in [6, 6.07) is 10.8. The lowest BCUT2D eigenvalue weighted by Crippen LogP contribution is -2.45. The number of benzene rings is 1. The predicted octanol–water partition coefficient (Wildman–Crippen LogP) is 3.50. The topological polar surface area (TPSA) is 66.0 Å². The Bertz CT molecular complexity index is 732. The molecule has 2 saturated heterocycles. The van der Waals surface area contributed by atoms with Crippen molar-refractivity contribution in [3.63, 3.8) is 0 Å². The van der Waals surface area contributed by atoms with Crippen molar-refractivity contribution in [2.24, 2.45) is 16.8 Å². The number of ether oxygens (including phenoxy) is 1. The number of hydrogen-bond donors (Lipinski definition) is 2. The molecule has 1 aromatic carbocycles. The number of guanidine groups is 1. The molecule has 4 rings (SSSR count). The van der Waals surface area contributed by atoms with E-state index in [0.29, 0.717) is 11.8 Å². The first-order valence-electron chi connectivity index (χ1n) is 12.2. The highest BCUT2D eigenvalue weighted by atomic mass is 16.5. The van der Waals surface area contributed by atoms with Crippen molar-refractivity contribution < 1.29 is 9.53 Å². The lowest BCUT2D eigenvalue weighted by molar-refractivity contribution is -0.134. The van der Waals surface area contributed by atoms with Crippen molar-refractivity contribution in [3.8, 4) is 0 Å². The highest BCUT2D eigenvalue weighted by Crippen LogP contribution is 2.33. The highest BCUT2D eigenvalue weighted by molar-refractivity contribution is 5.81. The minimum absolute atomic E-state index is 0.118. The summed E-state index contributed by atoms with van der Waals surface area (Å²) in [5, 5.41) is 6.99. The van der Waals surface area contributed by atoms with Crippen LogP contribution in [0.2, 0.25) is 0 Å². The summed E-state index contributed by atoms with van der Waals surface area (Å²) in [4.78, 5) is 19.7. The zero-order chi connectivity index (χ0) is 21.5. The fourth-order valence-corrected chi connectivity index (χ4v) is 5.27. The van der Waals surface area contributed by atoms with E-state index in [1.165, 1.54) is 18.4 Å². The van der Waals surface area contributed by atoms with Crippen LogP contribution in [0.3, 0.4) is 0 Å². The van der Waals surface area contributed by atoms with E-state index in [2.05, 4.69) is 52.8 Å². The van der Waals surface area contributed by atoms with E-state index in [1.807, 2.05) is 0 Å². The number of carbonyl (C=O) groups excluding carboxylic acids is 1. The summed E-state index contributed by atoms with van der Waals surface area (Å²) >= 11 is 0. The van der Waals surface area contributed by atoms with Gasteiger partial charge in [-0.3, -0.25) is 9.79 Å². The number of amides is 1. The molecule has 3 atom stereocenters. The third-order valence-corrected chi connectivity index (χ3v) is 6.95. The van der Waals surface area contributed by atoms with Gasteiger partial charge < -0.3 is 20.3 Å². The summed E-state index contributed by atoms with van der Waals surface area (Å²) in [6.45, 7) is 6.14. The number of likely N-dealkylation sites (tertiary alicyclic amines) is 1. The average molecular weight is 427 g/mol. The Balaban J connectivity index is 1.34. The van der Waals surface area contributed by atoms with Gasteiger partial charge in [-0.1, -0.05) is 43.2 Å². The maximum Gasteiger partial charge on any atom is 0.225 e. The minimum Gasteiger partial charge on any atom is -0.373 e. The fourth-order valence-electron chi connectivity index (χ4n) is 5.27. The van der Waals surface area contributed by atoms with Crippen LogP contribution in [-0.2, 0) is 9.53 Å². The van der Waals surface area contributed by atoms with Gasteiger partial charge in [0.25, 0.3) is 0 Å². The Morgan fingerprint density at radius 2 is 1.94 bits per heavy atom. The Morgan fingerprint density at radius 1 is 1.13 bits per heavy atom. The summed E-state index contributed by atoms with van der Waals surface area (Å²) in [7, 11) is 0. The van der Waals surface area contributed by atoms with Crippen LogP contribution in [0.15, 0.2) is 35.3 Å². The van der Waals surface area contributed by atoms with Crippen molar-refractivity contribution in [1.29, 1.82) is 0 Å². The van der Waals surface area contributed by atoms with Crippen molar-refractivity contribution in [2.45, 2.75) is 64.0 Å². The van der Waals surface area contributed by atoms with E-state index in [0.717, 1.165) is 70.8 Å². The van der Waals surface area contributed by atoms with Crippen LogP contribution < -0.4 is 10.6 Å². The normalized spacial score (nSPS) is 27.5. The molecule has 6 heteroatoms. The molecule has 1 saturated carbocycles. The summed E-state index contributed by atoms with van der Waals surface area (Å²) < 4.78 is 6.14. The van der Waals surface area contributed by atoms with E-state index < -0.39 is 0 Å². The van der Waals surface area contributed by atoms with Gasteiger partial charge in [-0.05, 0) is 44.6 Å². The third kappa shape index (κ3) is 5.79. The molecule has 2 heterocycles. The summed E-state index contributed by atoms with van der Waals surface area (Å²) in [6.07, 6.45) is 7.89. The first kappa shape index (κ1) is 22.1. The lowest BCUT2D eigenvalue weighted by atomic mass is 9.89. The third-order valence-electron chi connectivity index (χ3n) is 6.95. The van der Waals surface area contributed by atoms with Gasteiger partial charge in [-0.2, -0.15) is 0 Å². The number of rotatable bonds is 6. The van der Waals surface area contributed by atoms with Crippen LogP contribution in [0.4, 0.5) is 0 Å². The van der Waals surface area contributed by atoms with Crippen LogP contribution in [0.1, 0.15) is 63.5 Å². The second-order valence-electron chi connectivity index (χ2n) is 9.22. The monoisotopic (exact) mass is 426 g/mol. The molecular formula is C25H38N4O2. The standard InChI is InChI=1S/C25H38N4O2/c1-2-26-25(28-22-14-15-29(18-22)24(30)20-11-6-7-12-20)27-17-21-13-8-16-31-23(21)19-9-4-3-5-10-19/h3-5,9-10,20-23H,2,6-8,11-18H2,1H3,(H2,26,27,28). The smallest absolute Gasteiger partial charge is 0.225 e. The van der Waals surface area contributed by atoms with E-state index in [9.17, 15) is 4.79 Å². The number of hydrogen-bond acceptors (Lipinski definition) is 3. The van der Waals surface area contributed by atoms with Gasteiger partial charge in [-0.15, -0.1) is 0 Å². The molecule has 3 aliphatic rings. The number of nitrogens with zero attached hydrogens (tertiary/aromatic N) is 2. The van der Waals surface area contributed by atoms with Gasteiger partial charge >= 0.3 is 0 Å². The Hall–Kier alpha value is -2.08. The SMILES string of the molecule is CCNC(=NCC1CCCOC1c1ccccc1)NC1CCN(C(=O)C2CCCC2)C1. The fraction of sp³-hybridized carbons (Fsp3) is 0.680. The van der Waals surface area contributed by atoms with Gasteiger partial charge in [0, 0.05) is 50.7 Å². The molecule has 170 valence electrons. The Labute approximate surface area is 186 Å². The van der Waals surface area contributed by atoms with Crippen LogP contribution in [0, 0.1) is 11.8 Å². The molecule has 0 aromatic heterocycles. The largest absolute Gasteiger partial charge is 0.373 e. The molecule has 2 aliphatic heterocycles. The molecule has 1 aromatic rings. The van der Waals surface area contributed by atoms with E-state index in [4.69, 9.17) is 9.73 Å². The molecule has 0 spiro atoms. The van der Waals surface area contributed by atoms with Crippen molar-refractivity contribution in [1.82, 2.24) is 15.5 Å². The number of nitrogens with one attached hydrogen (secondary N) is 2. The van der Waals surface area contributed by atoms with Crippen molar-refractivity contribution >= 4 is 11.9 Å². The zero-order valence-electron chi connectivity index (χ0n) is 18.9. The summed E-state index contributed by atoms with van der Waals surface area (Å²) in [5.41, 5.74) is 1.25. The van der Waals surface area contributed by atoms with E-state index in [1.54, 1.807) is 0 Å². The van der Waals surface area contributed by atoms with Crippen LogP contribution in [0.25, 0.3) is 0 Å².